The standard InChI is InChI=1S/C16H16OP/c1-10-7-11(2)15(12(3)8-10)16(17)13-5-4-6-14(18)9-13/h4-9,18H,1-3H3/q-1. The third kappa shape index (κ3) is 2.52. The van der Waals surface area contributed by atoms with Gasteiger partial charge in [0.05, 0.1) is 0 Å². The first-order chi connectivity index (χ1) is 8.49. The van der Waals surface area contributed by atoms with Crippen molar-refractivity contribution in [2.24, 2.45) is 0 Å². The molecule has 0 fully saturated rings. The molecule has 0 heterocycles. The van der Waals surface area contributed by atoms with Crippen molar-refractivity contribution in [3.63, 3.8) is 0 Å². The van der Waals surface area contributed by atoms with E-state index in [2.05, 4.69) is 21.4 Å². The van der Waals surface area contributed by atoms with Gasteiger partial charge in [0.25, 0.3) is 0 Å². The number of ketones is 1. The molecule has 0 aliphatic heterocycles. The van der Waals surface area contributed by atoms with Crippen LogP contribution in [-0.4, -0.2) is 5.78 Å². The molecule has 2 heteroatoms. The molecule has 2 aromatic rings. The molecule has 0 amide bonds. The summed E-state index contributed by atoms with van der Waals surface area (Å²) in [6.45, 7) is 6.03. The Bertz CT molecular complexity index is 591. The van der Waals surface area contributed by atoms with Crippen LogP contribution in [-0.2, 0) is 0 Å². The minimum Gasteiger partial charge on any atom is -0.525 e. The van der Waals surface area contributed by atoms with E-state index in [4.69, 9.17) is 0 Å². The van der Waals surface area contributed by atoms with Crippen LogP contribution in [0.2, 0.25) is 0 Å². The van der Waals surface area contributed by atoms with E-state index >= 15 is 0 Å². The van der Waals surface area contributed by atoms with Crippen LogP contribution in [0.25, 0.3) is 0 Å². The SMILES string of the molecule is Cc1cc(C)c(C(=O)c2cccc([PH-])c2)c(C)c1. The zero-order chi connectivity index (χ0) is 13.3. The van der Waals surface area contributed by atoms with Crippen molar-refractivity contribution in [3.8, 4) is 0 Å². The van der Waals surface area contributed by atoms with Gasteiger partial charge in [-0.1, -0.05) is 42.0 Å². The quantitative estimate of drug-likeness (QED) is 0.592. The van der Waals surface area contributed by atoms with Crippen LogP contribution in [0.3, 0.4) is 0 Å². The second-order valence-corrected chi connectivity index (χ2v) is 5.26. The van der Waals surface area contributed by atoms with E-state index in [0.29, 0.717) is 0 Å². The Labute approximate surface area is 110 Å². The van der Waals surface area contributed by atoms with Crippen LogP contribution in [0.15, 0.2) is 36.4 Å². The van der Waals surface area contributed by atoms with E-state index in [1.165, 1.54) is 5.56 Å². The molecular weight excluding hydrogens is 239 g/mol. The van der Waals surface area contributed by atoms with Gasteiger partial charge in [-0.2, -0.15) is 0 Å². The highest BCUT2D eigenvalue weighted by Crippen LogP contribution is 2.20. The summed E-state index contributed by atoms with van der Waals surface area (Å²) in [6, 6.07) is 11.6. The topological polar surface area (TPSA) is 17.1 Å². The second kappa shape index (κ2) is 5.04. The van der Waals surface area contributed by atoms with Crippen molar-refractivity contribution in [3.05, 3.63) is 64.2 Å². The molecule has 0 unspecified atom stereocenters. The Kier molecular flexibility index (Phi) is 3.63. The van der Waals surface area contributed by atoms with Crippen molar-refractivity contribution in [1.82, 2.24) is 0 Å². The zero-order valence-electron chi connectivity index (χ0n) is 10.9. The average molecular weight is 255 g/mol. The second-order valence-electron chi connectivity index (χ2n) is 4.68. The van der Waals surface area contributed by atoms with Crippen molar-refractivity contribution < 1.29 is 4.79 Å². The summed E-state index contributed by atoms with van der Waals surface area (Å²) in [5, 5.41) is 0.920. The molecule has 0 spiro atoms. The molecule has 0 N–H and O–H groups in total. The molecule has 2 aromatic carbocycles. The predicted octanol–water partition coefficient (Wildman–Crippen LogP) is 3.61. The highest BCUT2D eigenvalue weighted by atomic mass is 31.0. The molecule has 0 bridgehead atoms. The van der Waals surface area contributed by atoms with Gasteiger partial charge < -0.3 is 9.24 Å². The molecule has 18 heavy (non-hydrogen) atoms. The zero-order valence-corrected chi connectivity index (χ0v) is 11.9. The molecule has 0 saturated heterocycles. The normalized spacial score (nSPS) is 10.4. The number of hydrogen-bond acceptors (Lipinski definition) is 1. The van der Waals surface area contributed by atoms with Crippen molar-refractivity contribution in [2.45, 2.75) is 20.8 Å². The van der Waals surface area contributed by atoms with Gasteiger partial charge in [0.1, 0.15) is 0 Å². The van der Waals surface area contributed by atoms with Crippen LogP contribution in [0, 0.1) is 20.8 Å². The highest BCUT2D eigenvalue weighted by Gasteiger charge is 2.14. The Morgan fingerprint density at radius 2 is 1.61 bits per heavy atom. The summed E-state index contributed by atoms with van der Waals surface area (Å²) >= 11 is 0. The minimum atomic E-state index is 0.0881. The lowest BCUT2D eigenvalue weighted by molar-refractivity contribution is 0.103. The number of aryl methyl sites for hydroxylation is 3. The molecule has 92 valence electrons. The Hall–Kier alpha value is -1.46. The van der Waals surface area contributed by atoms with Crippen molar-refractivity contribution in [1.29, 1.82) is 0 Å². The van der Waals surface area contributed by atoms with E-state index in [9.17, 15) is 4.79 Å². The molecule has 1 nitrogen and oxygen atoms in total. The molecular formula is C16H16OP-. The maximum atomic E-state index is 12.5. The Morgan fingerprint density at radius 3 is 2.17 bits per heavy atom. The van der Waals surface area contributed by atoms with Gasteiger partial charge in [-0.3, -0.25) is 4.79 Å². The molecule has 0 aliphatic carbocycles. The van der Waals surface area contributed by atoms with Crippen molar-refractivity contribution >= 4 is 20.3 Å². The van der Waals surface area contributed by atoms with Gasteiger partial charge in [0, 0.05) is 11.1 Å². The van der Waals surface area contributed by atoms with Gasteiger partial charge >= 0.3 is 0 Å². The predicted molar refractivity (Wildman–Crippen MR) is 78.5 cm³/mol. The maximum Gasteiger partial charge on any atom is 0.193 e. The summed E-state index contributed by atoms with van der Waals surface area (Å²) in [5.74, 6) is 0.0881. The summed E-state index contributed by atoms with van der Waals surface area (Å²) in [4.78, 5) is 12.5. The first-order valence-electron chi connectivity index (χ1n) is 5.93. The number of hydrogen-bond donors (Lipinski definition) is 0. The number of carbonyl (C=O) groups excluding carboxylic acids is 1. The van der Waals surface area contributed by atoms with Gasteiger partial charge in [0.15, 0.2) is 5.78 Å². The summed E-state index contributed by atoms with van der Waals surface area (Å²) < 4.78 is 0. The van der Waals surface area contributed by atoms with Crippen LogP contribution in [0.4, 0.5) is 0 Å². The van der Waals surface area contributed by atoms with Gasteiger partial charge in [-0.05, 0) is 31.9 Å². The molecule has 0 aromatic heterocycles. The Morgan fingerprint density at radius 1 is 1.00 bits per heavy atom. The smallest absolute Gasteiger partial charge is 0.193 e. The third-order valence-corrected chi connectivity index (χ3v) is 3.34. The average Bonchev–Trinajstić information content (AvgIpc) is 2.27. The number of carbonyl (C=O) groups is 1. The van der Waals surface area contributed by atoms with Gasteiger partial charge in [0.2, 0.25) is 0 Å². The molecule has 0 saturated carbocycles. The third-order valence-electron chi connectivity index (χ3n) is 3.03. The van der Waals surface area contributed by atoms with Crippen LogP contribution in [0.1, 0.15) is 32.6 Å². The first kappa shape index (κ1) is 13.0. The van der Waals surface area contributed by atoms with E-state index in [0.717, 1.165) is 27.6 Å². The summed E-state index contributed by atoms with van der Waals surface area (Å²) in [5.41, 5.74) is 4.81. The molecule has 0 atom stereocenters. The van der Waals surface area contributed by atoms with E-state index in [1.54, 1.807) is 0 Å². The summed E-state index contributed by atoms with van der Waals surface area (Å²) in [7, 11) is 3.45. The number of benzene rings is 2. The number of rotatable bonds is 2. The lowest BCUT2D eigenvalue weighted by atomic mass is 9.93. The Balaban J connectivity index is 2.53. The van der Waals surface area contributed by atoms with Crippen LogP contribution in [0.5, 0.6) is 0 Å². The maximum absolute atomic E-state index is 12.5. The monoisotopic (exact) mass is 255 g/mol. The summed E-state index contributed by atoms with van der Waals surface area (Å²) in [6.07, 6.45) is 0. The van der Waals surface area contributed by atoms with Gasteiger partial charge in [-0.25, -0.2) is 5.30 Å². The molecule has 0 radical (unpaired) electrons. The van der Waals surface area contributed by atoms with E-state index in [-0.39, 0.29) is 5.78 Å². The van der Waals surface area contributed by atoms with Crippen LogP contribution >= 0.6 is 9.24 Å². The van der Waals surface area contributed by atoms with E-state index in [1.807, 2.05) is 45.0 Å². The van der Waals surface area contributed by atoms with Crippen molar-refractivity contribution in [2.75, 3.05) is 0 Å². The lowest BCUT2D eigenvalue weighted by Gasteiger charge is -2.12. The van der Waals surface area contributed by atoms with Crippen LogP contribution < -0.4 is 5.30 Å². The fourth-order valence-corrected chi connectivity index (χ4v) is 2.59. The molecule has 2 rings (SSSR count). The van der Waals surface area contributed by atoms with Gasteiger partial charge in [-0.15, -0.1) is 0 Å². The lowest BCUT2D eigenvalue weighted by Crippen LogP contribution is -2.08. The first-order valence-corrected chi connectivity index (χ1v) is 6.43. The highest BCUT2D eigenvalue weighted by molar-refractivity contribution is 7.27. The largest absolute Gasteiger partial charge is 0.525 e. The van der Waals surface area contributed by atoms with E-state index < -0.39 is 0 Å². The fourth-order valence-electron chi connectivity index (χ4n) is 2.34. The minimum absolute atomic E-state index is 0.0881. The molecule has 0 aliphatic rings. The fraction of sp³-hybridized carbons (Fsp3) is 0.188.